The Morgan fingerprint density at radius 1 is 0.535 bits per heavy atom. The average Bonchev–Trinajstić information content (AvgIpc) is 2.97. The highest BCUT2D eigenvalue weighted by molar-refractivity contribution is 9.10. The number of halogens is 2. The molecular formula is C39H35Br2OP. The smallest absolute Gasteiger partial charge is 0.134 e. The number of aryl methyl sites for hydroxylation is 4. The third-order valence-electron chi connectivity index (χ3n) is 8.84. The third-order valence-corrected chi connectivity index (χ3v) is 13.5. The van der Waals surface area contributed by atoms with Gasteiger partial charge in [0.05, 0.1) is 0 Å². The van der Waals surface area contributed by atoms with E-state index in [0.29, 0.717) is 18.6 Å². The first-order valence-electron chi connectivity index (χ1n) is 14.8. The molecule has 1 aliphatic heterocycles. The zero-order valence-corrected chi connectivity index (χ0v) is 29.1. The highest BCUT2D eigenvalue weighted by atomic mass is 79.9. The second-order valence-corrected chi connectivity index (χ2v) is 15.9. The Kier molecular flexibility index (Phi) is 8.88. The zero-order chi connectivity index (χ0) is 30.2. The van der Waals surface area contributed by atoms with Crippen LogP contribution in [0.3, 0.4) is 0 Å². The lowest BCUT2D eigenvalue weighted by atomic mass is 9.90. The molecule has 43 heavy (non-hydrogen) atoms. The fourth-order valence-corrected chi connectivity index (χ4v) is 12.3. The van der Waals surface area contributed by atoms with Gasteiger partial charge in [0.2, 0.25) is 0 Å². The second kappa shape index (κ2) is 12.6. The molecular weight excluding hydrogens is 675 g/mol. The predicted octanol–water partition coefficient (Wildman–Crippen LogP) is 11.7. The highest BCUT2D eigenvalue weighted by Gasteiger charge is 2.43. The average molecular weight is 710 g/mol. The van der Waals surface area contributed by atoms with Crippen molar-refractivity contribution in [2.24, 2.45) is 0 Å². The number of carbonyl (C=O) groups excluding carboxylic acids is 1. The Morgan fingerprint density at radius 3 is 1.30 bits per heavy atom. The molecule has 0 bridgehead atoms. The molecule has 5 aromatic carbocycles. The van der Waals surface area contributed by atoms with E-state index >= 15 is 0 Å². The fraction of sp³-hybridized carbons (Fsp3) is 0.205. The van der Waals surface area contributed by atoms with E-state index in [4.69, 9.17) is 0 Å². The molecule has 216 valence electrons. The lowest BCUT2D eigenvalue weighted by Crippen LogP contribution is -2.26. The van der Waals surface area contributed by atoms with Crippen LogP contribution in [0.1, 0.15) is 57.5 Å². The molecule has 6 rings (SSSR count). The molecule has 0 radical (unpaired) electrons. The van der Waals surface area contributed by atoms with Crippen molar-refractivity contribution in [3.8, 4) is 22.3 Å². The molecule has 0 aromatic heterocycles. The minimum absolute atomic E-state index is 0.0671. The van der Waals surface area contributed by atoms with Gasteiger partial charge in [-0.15, -0.1) is 0 Å². The predicted molar refractivity (Wildman–Crippen MR) is 191 cm³/mol. The fourth-order valence-electron chi connectivity index (χ4n) is 6.95. The van der Waals surface area contributed by atoms with Crippen LogP contribution >= 0.6 is 39.8 Å². The van der Waals surface area contributed by atoms with Gasteiger partial charge in [0.15, 0.2) is 0 Å². The maximum Gasteiger partial charge on any atom is 0.134 e. The number of ketones is 1. The first-order chi connectivity index (χ1) is 20.8. The quantitative estimate of drug-likeness (QED) is 0.166. The van der Waals surface area contributed by atoms with Gasteiger partial charge in [-0.1, -0.05) is 131 Å². The number of carbonyl (C=O) groups is 1. The molecule has 2 atom stereocenters. The van der Waals surface area contributed by atoms with Crippen molar-refractivity contribution in [3.63, 3.8) is 0 Å². The Labute approximate surface area is 273 Å². The van der Waals surface area contributed by atoms with Gasteiger partial charge in [-0.3, -0.25) is 4.79 Å². The summed E-state index contributed by atoms with van der Waals surface area (Å²) in [4.78, 5) is 13.7. The van der Waals surface area contributed by atoms with Crippen molar-refractivity contribution in [2.75, 3.05) is 0 Å². The second-order valence-electron chi connectivity index (χ2n) is 11.7. The van der Waals surface area contributed by atoms with Crippen LogP contribution in [0.25, 0.3) is 22.3 Å². The molecule has 0 aliphatic carbocycles. The summed E-state index contributed by atoms with van der Waals surface area (Å²) in [5, 5.41) is 1.40. The van der Waals surface area contributed by atoms with E-state index < -0.39 is 7.92 Å². The van der Waals surface area contributed by atoms with E-state index in [1.165, 1.54) is 60.9 Å². The lowest BCUT2D eigenvalue weighted by Gasteiger charge is -2.42. The minimum Gasteiger partial charge on any atom is -0.300 e. The van der Waals surface area contributed by atoms with Gasteiger partial charge in [-0.05, 0) is 101 Å². The lowest BCUT2D eigenvalue weighted by molar-refractivity contribution is -0.119. The summed E-state index contributed by atoms with van der Waals surface area (Å²) >= 11 is 7.81. The Morgan fingerprint density at radius 2 is 0.907 bits per heavy atom. The molecule has 0 saturated carbocycles. The molecule has 0 N–H and O–H groups in total. The summed E-state index contributed by atoms with van der Waals surface area (Å²) in [6, 6.07) is 37.2. The minimum atomic E-state index is -0.925. The van der Waals surface area contributed by atoms with Gasteiger partial charge in [0.25, 0.3) is 0 Å². The molecule has 1 fully saturated rings. The summed E-state index contributed by atoms with van der Waals surface area (Å²) in [5.41, 5.74) is 12.9. The SMILES string of the molecule is Cc1cccc(C)c1-c1cccc(-c2c(C)cccc2C)c1P1C(c2ccccc2Br)CC(=O)CC1c1ccccc1Br. The summed E-state index contributed by atoms with van der Waals surface area (Å²) in [5.74, 6) is 0.332. The number of rotatable bonds is 5. The number of Topliss-reactive ketones (excluding diaryl/α,β-unsaturated/α-hetero) is 1. The van der Waals surface area contributed by atoms with E-state index in [-0.39, 0.29) is 11.3 Å². The molecule has 0 spiro atoms. The van der Waals surface area contributed by atoms with Gasteiger partial charge >= 0.3 is 0 Å². The van der Waals surface area contributed by atoms with E-state index in [2.05, 4.69) is 163 Å². The third kappa shape index (κ3) is 5.73. The largest absolute Gasteiger partial charge is 0.300 e. The van der Waals surface area contributed by atoms with Gasteiger partial charge < -0.3 is 0 Å². The first-order valence-corrected chi connectivity index (χ1v) is 17.9. The van der Waals surface area contributed by atoms with Gasteiger partial charge in [-0.25, -0.2) is 0 Å². The molecule has 1 saturated heterocycles. The van der Waals surface area contributed by atoms with Crippen LogP contribution in [0.5, 0.6) is 0 Å². The van der Waals surface area contributed by atoms with Crippen molar-refractivity contribution in [1.29, 1.82) is 0 Å². The molecule has 5 aromatic rings. The van der Waals surface area contributed by atoms with Crippen molar-refractivity contribution >= 4 is 50.9 Å². The van der Waals surface area contributed by atoms with E-state index in [9.17, 15) is 4.79 Å². The topological polar surface area (TPSA) is 17.1 Å². The standard InChI is InChI=1S/C39H35Br2OP/c1-24-12-9-13-25(2)37(24)31-18-11-19-32(38-26(3)14-10-15-27(38)4)39(31)43-35(29-16-5-7-20-33(29)40)22-28(42)23-36(43)30-17-6-8-21-34(30)41/h5-21,35-36H,22-23H2,1-4H3. The first kappa shape index (κ1) is 30.2. The number of benzene rings is 5. The number of hydrogen-bond acceptors (Lipinski definition) is 1. The van der Waals surface area contributed by atoms with Crippen molar-refractivity contribution < 1.29 is 4.79 Å². The van der Waals surface area contributed by atoms with E-state index in [1.54, 1.807) is 0 Å². The van der Waals surface area contributed by atoms with Crippen LogP contribution in [0.2, 0.25) is 0 Å². The van der Waals surface area contributed by atoms with Crippen molar-refractivity contribution in [3.05, 3.63) is 145 Å². The summed E-state index contributed by atoms with van der Waals surface area (Å²) in [6.07, 6.45) is 1.09. The molecule has 1 heterocycles. The number of hydrogen-bond donors (Lipinski definition) is 0. The van der Waals surface area contributed by atoms with Crippen molar-refractivity contribution in [2.45, 2.75) is 51.9 Å². The molecule has 1 aliphatic rings. The van der Waals surface area contributed by atoms with E-state index in [0.717, 1.165) is 8.95 Å². The maximum atomic E-state index is 13.7. The molecule has 1 nitrogen and oxygen atoms in total. The highest BCUT2D eigenvalue weighted by Crippen LogP contribution is 2.69. The Bertz CT molecular complexity index is 1670. The maximum absolute atomic E-state index is 13.7. The van der Waals surface area contributed by atoms with E-state index in [1.807, 2.05) is 0 Å². The summed E-state index contributed by atoms with van der Waals surface area (Å²) in [7, 11) is -0.925. The van der Waals surface area contributed by atoms with Crippen LogP contribution in [0.15, 0.2) is 112 Å². The summed E-state index contributed by atoms with van der Waals surface area (Å²) in [6.45, 7) is 8.91. The van der Waals surface area contributed by atoms with Crippen LogP contribution in [0.4, 0.5) is 0 Å². The summed E-state index contributed by atoms with van der Waals surface area (Å²) < 4.78 is 2.15. The van der Waals surface area contributed by atoms with Crippen LogP contribution < -0.4 is 5.30 Å². The van der Waals surface area contributed by atoms with Crippen LogP contribution in [-0.4, -0.2) is 5.78 Å². The van der Waals surface area contributed by atoms with Crippen LogP contribution in [0, 0.1) is 27.7 Å². The van der Waals surface area contributed by atoms with Crippen LogP contribution in [-0.2, 0) is 4.79 Å². The molecule has 0 amide bonds. The molecule has 4 heteroatoms. The zero-order valence-electron chi connectivity index (χ0n) is 25.0. The van der Waals surface area contributed by atoms with Gasteiger partial charge in [-0.2, -0.15) is 0 Å². The van der Waals surface area contributed by atoms with Gasteiger partial charge in [0.1, 0.15) is 5.78 Å². The Balaban J connectivity index is 1.76. The molecule has 2 unspecified atom stereocenters. The van der Waals surface area contributed by atoms with Crippen molar-refractivity contribution in [1.82, 2.24) is 0 Å². The van der Waals surface area contributed by atoms with Gasteiger partial charge in [0, 0.05) is 33.1 Å². The normalized spacial score (nSPS) is 18.6. The monoisotopic (exact) mass is 708 g/mol. The Hall–Kier alpha value is -2.84.